The summed E-state index contributed by atoms with van der Waals surface area (Å²) in [6.07, 6.45) is 1.11. The number of nitrogens with zero attached hydrogens (tertiary/aromatic N) is 2. The molecule has 0 bridgehead atoms. The maximum Gasteiger partial charge on any atom is 0.323 e. The van der Waals surface area contributed by atoms with E-state index in [4.69, 9.17) is 5.11 Å². The number of likely N-dealkylation sites (tertiary alicyclic amines) is 1. The summed E-state index contributed by atoms with van der Waals surface area (Å²) in [4.78, 5) is 26.4. The number of hydrogen-bond donors (Lipinski definition) is 2. The van der Waals surface area contributed by atoms with Gasteiger partial charge in [0.05, 0.1) is 11.5 Å². The smallest absolute Gasteiger partial charge is 0.323 e. The summed E-state index contributed by atoms with van der Waals surface area (Å²) in [6.45, 7) is 1.12. The highest BCUT2D eigenvalue weighted by molar-refractivity contribution is 7.91. The number of likely N-dealkylation sites (N-methyl/N-ethyl adjacent to an activating group) is 1. The topological polar surface area (TPSA) is 107 Å². The summed E-state index contributed by atoms with van der Waals surface area (Å²) in [5, 5.41) is 11.8. The van der Waals surface area contributed by atoms with Gasteiger partial charge in [-0.25, -0.2) is 13.2 Å². The van der Waals surface area contributed by atoms with Gasteiger partial charge in [-0.05, 0) is 26.4 Å². The number of nitrogens with one attached hydrogen (secondary N) is 1. The first-order chi connectivity index (χ1) is 9.77. The lowest BCUT2D eigenvalue weighted by atomic mass is 10.2. The highest BCUT2D eigenvalue weighted by Crippen LogP contribution is 2.18. The second-order valence-corrected chi connectivity index (χ2v) is 8.00. The summed E-state index contributed by atoms with van der Waals surface area (Å²) in [6, 6.07) is -1.05. The summed E-state index contributed by atoms with van der Waals surface area (Å²) < 4.78 is 23.1. The summed E-state index contributed by atoms with van der Waals surface area (Å²) in [5.41, 5.74) is 0. The molecule has 0 saturated carbocycles. The molecule has 0 aliphatic carbocycles. The van der Waals surface area contributed by atoms with Crippen LogP contribution in [-0.4, -0.2) is 85.6 Å². The van der Waals surface area contributed by atoms with Crippen molar-refractivity contribution in [2.45, 2.75) is 24.9 Å². The predicted molar refractivity (Wildman–Crippen MR) is 75.8 cm³/mol. The van der Waals surface area contributed by atoms with E-state index in [0.717, 1.165) is 24.4 Å². The van der Waals surface area contributed by atoms with Crippen LogP contribution in [0, 0.1) is 0 Å². The van der Waals surface area contributed by atoms with E-state index in [0.29, 0.717) is 6.42 Å². The van der Waals surface area contributed by atoms with Crippen molar-refractivity contribution < 1.29 is 23.1 Å². The number of sulfone groups is 1. The number of carboxylic acids is 1. The van der Waals surface area contributed by atoms with E-state index < -0.39 is 34.4 Å². The standard InChI is InChI=1S/C12H21N3O5S/c1-14-4-2-9(6-14)13-12(18)15(7-11(16)17)10-3-5-21(19,20)8-10/h9-10H,2-8H2,1H3,(H,13,18)(H,16,17). The lowest BCUT2D eigenvalue weighted by Crippen LogP contribution is -2.52. The Morgan fingerprint density at radius 2 is 2.10 bits per heavy atom. The fourth-order valence-electron chi connectivity index (χ4n) is 2.84. The molecule has 2 amide bonds. The molecule has 8 nitrogen and oxygen atoms in total. The summed E-state index contributed by atoms with van der Waals surface area (Å²) >= 11 is 0. The minimum absolute atomic E-state index is 0.00717. The third-order valence-corrected chi connectivity index (χ3v) is 5.68. The maximum atomic E-state index is 12.3. The molecule has 9 heteroatoms. The predicted octanol–water partition coefficient (Wildman–Crippen LogP) is -1.03. The highest BCUT2D eigenvalue weighted by atomic mass is 32.2. The van der Waals surface area contributed by atoms with Gasteiger partial charge >= 0.3 is 12.0 Å². The van der Waals surface area contributed by atoms with Crippen LogP contribution in [0.2, 0.25) is 0 Å². The Morgan fingerprint density at radius 3 is 2.57 bits per heavy atom. The van der Waals surface area contributed by atoms with Crippen molar-refractivity contribution in [3.05, 3.63) is 0 Å². The molecule has 120 valence electrons. The minimum atomic E-state index is -3.17. The van der Waals surface area contributed by atoms with Crippen molar-refractivity contribution in [2.75, 3.05) is 38.2 Å². The van der Waals surface area contributed by atoms with Gasteiger partial charge < -0.3 is 20.2 Å². The number of hydrogen-bond acceptors (Lipinski definition) is 5. The molecule has 0 aromatic carbocycles. The SMILES string of the molecule is CN1CCC(NC(=O)N(CC(=O)O)C2CCS(=O)(=O)C2)C1. The van der Waals surface area contributed by atoms with E-state index in [9.17, 15) is 18.0 Å². The number of amides is 2. The van der Waals surface area contributed by atoms with Crippen LogP contribution in [-0.2, 0) is 14.6 Å². The third-order valence-electron chi connectivity index (χ3n) is 3.93. The second-order valence-electron chi connectivity index (χ2n) is 5.78. The van der Waals surface area contributed by atoms with Crippen molar-refractivity contribution in [2.24, 2.45) is 0 Å². The molecule has 21 heavy (non-hydrogen) atoms. The minimum Gasteiger partial charge on any atom is -0.480 e. The van der Waals surface area contributed by atoms with Gasteiger partial charge in [0, 0.05) is 18.6 Å². The summed E-state index contributed by atoms with van der Waals surface area (Å²) in [5.74, 6) is -1.29. The average Bonchev–Trinajstić information content (AvgIpc) is 2.92. The van der Waals surface area contributed by atoms with Gasteiger partial charge in [0.2, 0.25) is 0 Å². The van der Waals surface area contributed by atoms with Gasteiger partial charge in [-0.2, -0.15) is 0 Å². The van der Waals surface area contributed by atoms with Crippen molar-refractivity contribution in [1.29, 1.82) is 0 Å². The third kappa shape index (κ3) is 4.31. The van der Waals surface area contributed by atoms with Gasteiger partial charge in [-0.1, -0.05) is 0 Å². The van der Waals surface area contributed by atoms with Crippen molar-refractivity contribution >= 4 is 21.8 Å². The molecular weight excluding hydrogens is 298 g/mol. The van der Waals surface area contributed by atoms with E-state index in [-0.39, 0.29) is 17.5 Å². The molecular formula is C12H21N3O5S. The lowest BCUT2D eigenvalue weighted by molar-refractivity contribution is -0.138. The fraction of sp³-hybridized carbons (Fsp3) is 0.833. The molecule has 2 saturated heterocycles. The highest BCUT2D eigenvalue weighted by Gasteiger charge is 2.36. The zero-order valence-electron chi connectivity index (χ0n) is 12.0. The molecule has 2 aliphatic rings. The first-order valence-corrected chi connectivity index (χ1v) is 8.77. The molecule has 2 aliphatic heterocycles. The van der Waals surface area contributed by atoms with Crippen molar-refractivity contribution in [1.82, 2.24) is 15.1 Å². The molecule has 0 spiro atoms. The Balaban J connectivity index is 2.01. The average molecular weight is 319 g/mol. The number of rotatable bonds is 4. The Kier molecular flexibility index (Phi) is 4.72. The second kappa shape index (κ2) is 6.18. The van der Waals surface area contributed by atoms with E-state index >= 15 is 0 Å². The zero-order valence-corrected chi connectivity index (χ0v) is 12.8. The van der Waals surface area contributed by atoms with E-state index in [1.54, 1.807) is 0 Å². The van der Waals surface area contributed by atoms with Crippen LogP contribution in [0.25, 0.3) is 0 Å². The van der Waals surface area contributed by atoms with Crippen LogP contribution in [0.4, 0.5) is 4.79 Å². The van der Waals surface area contributed by atoms with Crippen LogP contribution in [0.1, 0.15) is 12.8 Å². The van der Waals surface area contributed by atoms with Crippen LogP contribution >= 0.6 is 0 Å². The number of urea groups is 1. The first kappa shape index (κ1) is 16.0. The molecule has 0 aromatic heterocycles. The molecule has 2 rings (SSSR count). The zero-order chi connectivity index (χ0) is 15.6. The number of carbonyl (C=O) groups is 2. The van der Waals surface area contributed by atoms with E-state index in [1.165, 1.54) is 0 Å². The Morgan fingerprint density at radius 1 is 1.38 bits per heavy atom. The molecule has 0 aromatic rings. The molecule has 2 fully saturated rings. The van der Waals surface area contributed by atoms with Crippen LogP contribution < -0.4 is 5.32 Å². The molecule has 0 radical (unpaired) electrons. The molecule has 2 atom stereocenters. The number of carboxylic acid groups (broad SMARTS) is 1. The van der Waals surface area contributed by atoms with Gasteiger partial charge in [0.25, 0.3) is 0 Å². The van der Waals surface area contributed by atoms with Gasteiger partial charge in [-0.15, -0.1) is 0 Å². The largest absolute Gasteiger partial charge is 0.480 e. The number of aliphatic carboxylic acids is 1. The van der Waals surface area contributed by atoms with E-state index in [1.807, 2.05) is 7.05 Å². The molecule has 2 unspecified atom stereocenters. The Hall–Kier alpha value is -1.35. The normalized spacial score (nSPS) is 28.4. The Labute approximate surface area is 124 Å². The molecule has 2 N–H and O–H groups in total. The van der Waals surface area contributed by atoms with Gasteiger partial charge in [0.15, 0.2) is 9.84 Å². The summed E-state index contributed by atoms with van der Waals surface area (Å²) in [7, 11) is -1.22. The maximum absolute atomic E-state index is 12.3. The van der Waals surface area contributed by atoms with E-state index in [2.05, 4.69) is 10.2 Å². The fourth-order valence-corrected chi connectivity index (χ4v) is 4.57. The van der Waals surface area contributed by atoms with Gasteiger partial charge in [0.1, 0.15) is 6.54 Å². The van der Waals surface area contributed by atoms with Crippen LogP contribution in [0.3, 0.4) is 0 Å². The van der Waals surface area contributed by atoms with Crippen molar-refractivity contribution in [3.8, 4) is 0 Å². The van der Waals surface area contributed by atoms with Crippen molar-refractivity contribution in [3.63, 3.8) is 0 Å². The Bertz CT molecular complexity index is 521. The monoisotopic (exact) mass is 319 g/mol. The number of carbonyl (C=O) groups excluding carboxylic acids is 1. The van der Waals surface area contributed by atoms with Gasteiger partial charge in [-0.3, -0.25) is 4.79 Å². The molecule has 2 heterocycles. The first-order valence-electron chi connectivity index (χ1n) is 6.95. The van der Waals surface area contributed by atoms with Crippen LogP contribution in [0.5, 0.6) is 0 Å². The van der Waals surface area contributed by atoms with Crippen LogP contribution in [0.15, 0.2) is 0 Å². The lowest BCUT2D eigenvalue weighted by Gasteiger charge is -2.28. The quantitative estimate of drug-likeness (QED) is 0.686.